The van der Waals surface area contributed by atoms with E-state index < -0.39 is 5.60 Å². The maximum atomic E-state index is 12.2. The highest BCUT2D eigenvalue weighted by Crippen LogP contribution is 2.50. The summed E-state index contributed by atoms with van der Waals surface area (Å²) in [6.07, 6.45) is 0.882. The molecule has 6 nitrogen and oxygen atoms in total. The normalized spacial score (nSPS) is 26.0. The second-order valence-electron chi connectivity index (χ2n) is 7.13. The van der Waals surface area contributed by atoms with Gasteiger partial charge in [0.2, 0.25) is 5.91 Å². The summed E-state index contributed by atoms with van der Waals surface area (Å²) < 4.78 is 7.43. The van der Waals surface area contributed by atoms with Gasteiger partial charge in [0.25, 0.3) is 0 Å². The molecule has 2 N–H and O–H groups in total. The zero-order valence-electron chi connectivity index (χ0n) is 15.1. The van der Waals surface area contributed by atoms with Crippen molar-refractivity contribution in [2.45, 2.75) is 59.2 Å². The lowest BCUT2D eigenvalue weighted by molar-refractivity contribution is -0.238. The Bertz CT molecular complexity index is 594. The van der Waals surface area contributed by atoms with Gasteiger partial charge in [-0.25, -0.2) is 0 Å². The molecule has 1 heterocycles. The minimum Gasteiger partial charge on any atom is -0.387 e. The molecule has 1 aliphatic carbocycles. The monoisotopic (exact) mass is 323 g/mol. The molecular formula is C17H29N3O3. The maximum Gasteiger partial charge on any atom is 0.224 e. The summed E-state index contributed by atoms with van der Waals surface area (Å²) in [5.74, 6) is -0.0896. The SMILES string of the molecule is CCOC1CC(O)(CNC(=O)Cc2c(C)nn(C)c2C)C1(C)C. The van der Waals surface area contributed by atoms with Gasteiger partial charge in [-0.15, -0.1) is 0 Å². The van der Waals surface area contributed by atoms with Gasteiger partial charge >= 0.3 is 0 Å². The molecule has 1 saturated carbocycles. The predicted octanol–water partition coefficient (Wildman–Crippen LogP) is 1.26. The fourth-order valence-corrected chi connectivity index (χ4v) is 3.30. The van der Waals surface area contributed by atoms with Crippen LogP contribution >= 0.6 is 0 Å². The van der Waals surface area contributed by atoms with Gasteiger partial charge in [0.05, 0.1) is 23.8 Å². The molecule has 1 aliphatic rings. The molecule has 2 rings (SSSR count). The lowest BCUT2D eigenvalue weighted by Crippen LogP contribution is -2.68. The number of nitrogens with one attached hydrogen (secondary N) is 1. The van der Waals surface area contributed by atoms with Crippen LogP contribution in [0.1, 0.15) is 44.1 Å². The molecule has 1 fully saturated rings. The highest BCUT2D eigenvalue weighted by Gasteiger charge is 2.59. The van der Waals surface area contributed by atoms with Crippen molar-refractivity contribution in [3.8, 4) is 0 Å². The molecular weight excluding hydrogens is 294 g/mol. The van der Waals surface area contributed by atoms with Crippen molar-refractivity contribution in [3.63, 3.8) is 0 Å². The van der Waals surface area contributed by atoms with Gasteiger partial charge in [-0.1, -0.05) is 13.8 Å². The van der Waals surface area contributed by atoms with Crippen LogP contribution in [0, 0.1) is 19.3 Å². The Morgan fingerprint density at radius 2 is 2.13 bits per heavy atom. The highest BCUT2D eigenvalue weighted by atomic mass is 16.5. The molecule has 130 valence electrons. The topological polar surface area (TPSA) is 76.4 Å². The number of carbonyl (C=O) groups excluding carboxylic acids is 1. The van der Waals surface area contributed by atoms with Gasteiger partial charge in [-0.3, -0.25) is 9.48 Å². The number of ether oxygens (including phenoxy) is 1. The quantitative estimate of drug-likeness (QED) is 0.826. The first-order chi connectivity index (χ1) is 10.6. The molecule has 0 aliphatic heterocycles. The van der Waals surface area contributed by atoms with E-state index in [2.05, 4.69) is 10.4 Å². The van der Waals surface area contributed by atoms with Gasteiger partial charge < -0.3 is 15.2 Å². The number of amides is 1. The van der Waals surface area contributed by atoms with Crippen molar-refractivity contribution < 1.29 is 14.6 Å². The Hall–Kier alpha value is -1.40. The molecule has 6 heteroatoms. The smallest absolute Gasteiger partial charge is 0.224 e. The van der Waals surface area contributed by atoms with Crippen LogP contribution in [0.5, 0.6) is 0 Å². The average Bonchev–Trinajstić information content (AvgIpc) is 2.71. The number of carbonyl (C=O) groups is 1. The highest BCUT2D eigenvalue weighted by molar-refractivity contribution is 5.79. The van der Waals surface area contributed by atoms with Gasteiger partial charge in [0, 0.05) is 43.3 Å². The minimum atomic E-state index is -0.915. The first-order valence-corrected chi connectivity index (χ1v) is 8.22. The maximum absolute atomic E-state index is 12.2. The van der Waals surface area contributed by atoms with Crippen LogP contribution in [0.15, 0.2) is 0 Å². The van der Waals surface area contributed by atoms with Gasteiger partial charge in [0.15, 0.2) is 0 Å². The van der Waals surface area contributed by atoms with E-state index >= 15 is 0 Å². The van der Waals surface area contributed by atoms with Gasteiger partial charge in [-0.2, -0.15) is 5.10 Å². The number of aromatic nitrogens is 2. The average molecular weight is 323 g/mol. The third-order valence-corrected chi connectivity index (χ3v) is 5.47. The Balaban J connectivity index is 1.92. The summed E-state index contributed by atoms with van der Waals surface area (Å²) in [5, 5.41) is 18.0. The largest absolute Gasteiger partial charge is 0.387 e. The fourth-order valence-electron chi connectivity index (χ4n) is 3.30. The molecule has 0 spiro atoms. The lowest BCUT2D eigenvalue weighted by Gasteiger charge is -2.57. The number of nitrogens with zero attached hydrogens (tertiary/aromatic N) is 2. The first kappa shape index (κ1) is 17.9. The zero-order valence-corrected chi connectivity index (χ0v) is 15.1. The van der Waals surface area contributed by atoms with E-state index in [1.165, 1.54) is 0 Å². The van der Waals surface area contributed by atoms with E-state index in [0.29, 0.717) is 13.0 Å². The van der Waals surface area contributed by atoms with Crippen molar-refractivity contribution in [3.05, 3.63) is 17.0 Å². The summed E-state index contributed by atoms with van der Waals surface area (Å²) in [5.41, 5.74) is 1.55. The van der Waals surface area contributed by atoms with Crippen LogP contribution < -0.4 is 5.32 Å². The first-order valence-electron chi connectivity index (χ1n) is 8.22. The summed E-state index contributed by atoms with van der Waals surface area (Å²) in [6, 6.07) is 0. The molecule has 0 bridgehead atoms. The van der Waals surface area contributed by atoms with E-state index in [0.717, 1.165) is 17.0 Å². The number of hydrogen-bond donors (Lipinski definition) is 2. The van der Waals surface area contributed by atoms with Crippen molar-refractivity contribution >= 4 is 5.91 Å². The number of aryl methyl sites for hydroxylation is 2. The molecule has 23 heavy (non-hydrogen) atoms. The lowest BCUT2D eigenvalue weighted by atomic mass is 9.56. The van der Waals surface area contributed by atoms with E-state index in [4.69, 9.17) is 4.74 Å². The summed E-state index contributed by atoms with van der Waals surface area (Å²) in [4.78, 5) is 12.2. The Morgan fingerprint density at radius 1 is 1.48 bits per heavy atom. The standard InChI is InChI=1S/C17H29N3O3/c1-7-23-14-9-17(22,16(14,4)5)10-18-15(21)8-13-11(2)19-20(6)12(13)3/h14,22H,7-10H2,1-6H3,(H,18,21). The molecule has 2 unspecified atom stereocenters. The number of hydrogen-bond acceptors (Lipinski definition) is 4. The second-order valence-corrected chi connectivity index (χ2v) is 7.13. The summed E-state index contributed by atoms with van der Waals surface area (Å²) in [7, 11) is 1.87. The van der Waals surface area contributed by atoms with Crippen LogP contribution in [-0.4, -0.2) is 45.7 Å². The zero-order chi connectivity index (χ0) is 17.4. The molecule has 1 amide bonds. The predicted molar refractivity (Wildman–Crippen MR) is 88.2 cm³/mol. The van der Waals surface area contributed by atoms with E-state index in [1.807, 2.05) is 41.7 Å². The van der Waals surface area contributed by atoms with Crippen LogP contribution in [0.4, 0.5) is 0 Å². The summed E-state index contributed by atoms with van der Waals surface area (Å²) in [6.45, 7) is 10.7. The van der Waals surface area contributed by atoms with E-state index in [-0.39, 0.29) is 30.4 Å². The van der Waals surface area contributed by atoms with Gasteiger partial charge in [0.1, 0.15) is 0 Å². The van der Waals surface area contributed by atoms with Crippen molar-refractivity contribution in [1.82, 2.24) is 15.1 Å². The van der Waals surface area contributed by atoms with Crippen LogP contribution in [0.2, 0.25) is 0 Å². The Kier molecular flexibility index (Phi) is 4.87. The molecule has 0 aromatic carbocycles. The summed E-state index contributed by atoms with van der Waals surface area (Å²) >= 11 is 0. The third kappa shape index (κ3) is 3.15. The van der Waals surface area contributed by atoms with E-state index in [1.54, 1.807) is 4.68 Å². The molecule has 0 saturated heterocycles. The van der Waals surface area contributed by atoms with Crippen LogP contribution in [-0.2, 0) is 23.0 Å². The molecule has 1 aromatic rings. The molecule has 1 aromatic heterocycles. The minimum absolute atomic E-state index is 0.0391. The number of rotatable bonds is 6. The molecule has 2 atom stereocenters. The van der Waals surface area contributed by atoms with Crippen LogP contribution in [0.25, 0.3) is 0 Å². The van der Waals surface area contributed by atoms with Crippen molar-refractivity contribution in [2.24, 2.45) is 12.5 Å². The Morgan fingerprint density at radius 3 is 2.61 bits per heavy atom. The number of aliphatic hydroxyl groups is 1. The molecule has 0 radical (unpaired) electrons. The van der Waals surface area contributed by atoms with Crippen molar-refractivity contribution in [2.75, 3.05) is 13.2 Å². The Labute approximate surface area is 138 Å². The van der Waals surface area contributed by atoms with E-state index in [9.17, 15) is 9.90 Å². The van der Waals surface area contributed by atoms with Crippen LogP contribution in [0.3, 0.4) is 0 Å². The second kappa shape index (κ2) is 6.24. The van der Waals surface area contributed by atoms with Crippen molar-refractivity contribution in [1.29, 1.82) is 0 Å². The van der Waals surface area contributed by atoms with Gasteiger partial charge in [-0.05, 0) is 20.8 Å². The third-order valence-electron chi connectivity index (χ3n) is 5.47. The fraction of sp³-hybridized carbons (Fsp3) is 0.765.